The van der Waals surface area contributed by atoms with Crippen LogP contribution in [0.3, 0.4) is 0 Å². The molecule has 0 unspecified atom stereocenters. The van der Waals surface area contributed by atoms with Crippen LogP contribution in [0, 0.1) is 0 Å². The van der Waals surface area contributed by atoms with E-state index in [1.54, 1.807) is 22.5 Å². The summed E-state index contributed by atoms with van der Waals surface area (Å²) in [7, 11) is -3.58. The Morgan fingerprint density at radius 3 is 2.29 bits per heavy atom. The number of hydrogen-bond acceptors (Lipinski definition) is 4. The minimum atomic E-state index is -3.58. The molecule has 2 heterocycles. The molecule has 0 aliphatic carbocycles. The fraction of sp³-hybridized carbons (Fsp3) is 0.481. The Hall–Kier alpha value is -2.71. The number of amides is 2. The number of carbonyl (C=O) groups excluding carboxylic acids is 2. The third kappa shape index (κ3) is 5.93. The Labute approximate surface area is 208 Å². The molecule has 1 saturated heterocycles. The van der Waals surface area contributed by atoms with Gasteiger partial charge >= 0.3 is 0 Å². The lowest BCUT2D eigenvalue weighted by atomic mass is 10.0. The molecular formula is C27H35N3O4S. The van der Waals surface area contributed by atoms with Crippen LogP contribution in [-0.4, -0.2) is 44.2 Å². The number of aryl methyl sites for hydroxylation is 1. The molecule has 35 heavy (non-hydrogen) atoms. The van der Waals surface area contributed by atoms with Gasteiger partial charge < -0.3 is 10.2 Å². The van der Waals surface area contributed by atoms with E-state index in [0.29, 0.717) is 49.6 Å². The van der Waals surface area contributed by atoms with Gasteiger partial charge in [-0.05, 0) is 73.1 Å². The first-order chi connectivity index (χ1) is 16.8. The first-order valence-electron chi connectivity index (χ1n) is 12.6. The van der Waals surface area contributed by atoms with E-state index in [4.69, 9.17) is 0 Å². The van der Waals surface area contributed by atoms with Crippen LogP contribution in [0.25, 0.3) is 0 Å². The number of hydrogen-bond donors (Lipinski definition) is 1. The van der Waals surface area contributed by atoms with Crippen LogP contribution in [0.1, 0.15) is 69.4 Å². The van der Waals surface area contributed by atoms with Gasteiger partial charge in [-0.25, -0.2) is 8.42 Å². The van der Waals surface area contributed by atoms with Gasteiger partial charge in [0.2, 0.25) is 21.8 Å². The van der Waals surface area contributed by atoms with Crippen molar-refractivity contribution in [3.05, 3.63) is 53.6 Å². The van der Waals surface area contributed by atoms with Crippen molar-refractivity contribution in [1.82, 2.24) is 4.31 Å². The molecule has 0 spiro atoms. The fourth-order valence-electron chi connectivity index (χ4n) is 4.79. The molecule has 0 atom stereocenters. The SMILES string of the molecule is CC(C)c1ccc(NC(=O)CN2C(=O)CCCc3cc(S(=O)(=O)N4CCCCCC4)ccc32)cc1. The normalized spacial score (nSPS) is 17.6. The zero-order chi connectivity index (χ0) is 25.0. The van der Waals surface area contributed by atoms with Crippen LogP contribution >= 0.6 is 0 Å². The highest BCUT2D eigenvalue weighted by Gasteiger charge is 2.29. The molecule has 0 aromatic heterocycles. The van der Waals surface area contributed by atoms with Gasteiger partial charge in [-0.1, -0.05) is 38.8 Å². The van der Waals surface area contributed by atoms with E-state index in [-0.39, 0.29) is 23.3 Å². The van der Waals surface area contributed by atoms with E-state index >= 15 is 0 Å². The minimum absolute atomic E-state index is 0.115. The summed E-state index contributed by atoms with van der Waals surface area (Å²) in [5.41, 5.74) is 3.28. The molecule has 2 aromatic rings. The summed E-state index contributed by atoms with van der Waals surface area (Å²) >= 11 is 0. The average molecular weight is 498 g/mol. The van der Waals surface area contributed by atoms with E-state index in [2.05, 4.69) is 19.2 Å². The largest absolute Gasteiger partial charge is 0.325 e. The van der Waals surface area contributed by atoms with E-state index in [1.807, 2.05) is 24.3 Å². The van der Waals surface area contributed by atoms with Crippen LogP contribution < -0.4 is 10.2 Å². The van der Waals surface area contributed by atoms with Crippen molar-refractivity contribution in [2.45, 2.75) is 69.6 Å². The highest BCUT2D eigenvalue weighted by molar-refractivity contribution is 7.89. The molecule has 7 nitrogen and oxygen atoms in total. The molecule has 4 rings (SSSR count). The topological polar surface area (TPSA) is 86.8 Å². The van der Waals surface area contributed by atoms with Gasteiger partial charge in [0.1, 0.15) is 6.54 Å². The van der Waals surface area contributed by atoms with Crippen LogP contribution in [-0.2, 0) is 26.0 Å². The van der Waals surface area contributed by atoms with E-state index in [9.17, 15) is 18.0 Å². The van der Waals surface area contributed by atoms with Crippen molar-refractivity contribution >= 4 is 33.2 Å². The van der Waals surface area contributed by atoms with Crippen LogP contribution in [0.2, 0.25) is 0 Å². The Morgan fingerprint density at radius 1 is 0.943 bits per heavy atom. The minimum Gasteiger partial charge on any atom is -0.325 e. The summed E-state index contributed by atoms with van der Waals surface area (Å²) in [6, 6.07) is 12.7. The van der Waals surface area contributed by atoms with E-state index in [0.717, 1.165) is 31.2 Å². The highest BCUT2D eigenvalue weighted by Crippen LogP contribution is 2.31. The van der Waals surface area contributed by atoms with Crippen molar-refractivity contribution in [3.8, 4) is 0 Å². The molecule has 188 valence electrons. The number of nitrogens with one attached hydrogen (secondary N) is 1. The van der Waals surface area contributed by atoms with Gasteiger partial charge in [-0.15, -0.1) is 0 Å². The zero-order valence-corrected chi connectivity index (χ0v) is 21.4. The standard InChI is InChI=1S/C27H35N3O4S/c1-20(2)21-10-12-23(13-11-21)28-26(31)19-30-25-15-14-24(18-22(25)8-7-9-27(30)32)35(33,34)29-16-5-3-4-6-17-29/h10-15,18,20H,3-9,16-17,19H2,1-2H3,(H,28,31). The first kappa shape index (κ1) is 25.4. The monoisotopic (exact) mass is 497 g/mol. The summed E-state index contributed by atoms with van der Waals surface area (Å²) in [6.07, 6.45) is 5.39. The molecule has 0 radical (unpaired) electrons. The van der Waals surface area contributed by atoms with Gasteiger partial charge in [0, 0.05) is 30.9 Å². The first-order valence-corrected chi connectivity index (χ1v) is 14.0. The van der Waals surface area contributed by atoms with Gasteiger partial charge in [-0.2, -0.15) is 4.31 Å². The Balaban J connectivity index is 1.53. The summed E-state index contributed by atoms with van der Waals surface area (Å²) in [5, 5.41) is 2.88. The maximum Gasteiger partial charge on any atom is 0.244 e. The number of carbonyl (C=O) groups is 2. The maximum absolute atomic E-state index is 13.3. The highest BCUT2D eigenvalue weighted by atomic mass is 32.2. The molecule has 2 amide bonds. The zero-order valence-electron chi connectivity index (χ0n) is 20.6. The summed E-state index contributed by atoms with van der Waals surface area (Å²) < 4.78 is 28.2. The van der Waals surface area contributed by atoms with Gasteiger partial charge in [0.05, 0.1) is 4.90 Å². The number of sulfonamides is 1. The van der Waals surface area contributed by atoms with Crippen LogP contribution in [0.5, 0.6) is 0 Å². The smallest absolute Gasteiger partial charge is 0.244 e. The number of anilines is 2. The summed E-state index contributed by atoms with van der Waals surface area (Å²) in [6.45, 7) is 5.20. The third-order valence-corrected chi connectivity index (χ3v) is 8.74. The van der Waals surface area contributed by atoms with Gasteiger partial charge in [0.25, 0.3) is 0 Å². The van der Waals surface area contributed by atoms with Crippen molar-refractivity contribution < 1.29 is 18.0 Å². The van der Waals surface area contributed by atoms with Crippen molar-refractivity contribution in [3.63, 3.8) is 0 Å². The number of fused-ring (bicyclic) bond motifs is 1. The lowest BCUT2D eigenvalue weighted by molar-refractivity contribution is -0.121. The predicted molar refractivity (Wildman–Crippen MR) is 138 cm³/mol. The second kappa shape index (κ2) is 10.9. The Morgan fingerprint density at radius 2 is 1.63 bits per heavy atom. The molecule has 0 bridgehead atoms. The van der Waals surface area contributed by atoms with Crippen molar-refractivity contribution in [2.75, 3.05) is 29.9 Å². The van der Waals surface area contributed by atoms with Crippen LogP contribution in [0.15, 0.2) is 47.4 Å². The predicted octanol–water partition coefficient (Wildman–Crippen LogP) is 4.68. The Kier molecular flexibility index (Phi) is 7.91. The van der Waals surface area contributed by atoms with E-state index in [1.165, 1.54) is 10.5 Å². The number of rotatable bonds is 6. The number of nitrogens with zero attached hydrogens (tertiary/aromatic N) is 2. The molecular weight excluding hydrogens is 462 g/mol. The molecule has 2 aromatic carbocycles. The maximum atomic E-state index is 13.3. The second-order valence-electron chi connectivity index (χ2n) is 9.77. The molecule has 1 N–H and O–H groups in total. The second-order valence-corrected chi connectivity index (χ2v) is 11.7. The lowest BCUT2D eigenvalue weighted by Gasteiger charge is -2.24. The fourth-order valence-corrected chi connectivity index (χ4v) is 6.35. The molecule has 8 heteroatoms. The molecule has 2 aliphatic heterocycles. The lowest BCUT2D eigenvalue weighted by Crippen LogP contribution is -2.38. The number of benzene rings is 2. The Bertz CT molecular complexity index is 1170. The van der Waals surface area contributed by atoms with Crippen molar-refractivity contribution in [2.24, 2.45) is 0 Å². The molecule has 0 saturated carbocycles. The third-order valence-electron chi connectivity index (χ3n) is 6.85. The van der Waals surface area contributed by atoms with Gasteiger partial charge in [0.15, 0.2) is 0 Å². The summed E-state index contributed by atoms with van der Waals surface area (Å²) in [4.78, 5) is 27.5. The molecule has 1 fully saturated rings. The van der Waals surface area contributed by atoms with E-state index < -0.39 is 10.0 Å². The molecule has 2 aliphatic rings. The van der Waals surface area contributed by atoms with Gasteiger partial charge in [-0.3, -0.25) is 9.59 Å². The van der Waals surface area contributed by atoms with Crippen molar-refractivity contribution in [1.29, 1.82) is 0 Å². The van der Waals surface area contributed by atoms with Crippen LogP contribution in [0.4, 0.5) is 11.4 Å². The summed E-state index contributed by atoms with van der Waals surface area (Å²) in [5.74, 6) is -0.0130. The quantitative estimate of drug-likeness (QED) is 0.628. The average Bonchev–Trinajstić information content (AvgIpc) is 3.20.